The number of aliphatic hydroxyl groups excluding tert-OH is 3. The highest BCUT2D eigenvalue weighted by atomic mass is 35.5. The molecule has 1 fully saturated rings. The molecule has 1 aliphatic rings. The summed E-state index contributed by atoms with van der Waals surface area (Å²) in [6.07, 6.45) is -1.63. The van der Waals surface area contributed by atoms with Gasteiger partial charge in [-0.2, -0.15) is 0 Å². The van der Waals surface area contributed by atoms with E-state index < -0.39 is 41.3 Å². The van der Waals surface area contributed by atoms with Crippen molar-refractivity contribution in [3.05, 3.63) is 64.2 Å². The number of carbonyl (C=O) groups is 2. The third kappa shape index (κ3) is 7.62. The van der Waals surface area contributed by atoms with E-state index in [1.165, 1.54) is 11.8 Å². The topological polar surface area (TPSA) is 151 Å². The van der Waals surface area contributed by atoms with Gasteiger partial charge in [-0.05, 0) is 67.8 Å². The third-order valence-corrected chi connectivity index (χ3v) is 7.63. The highest BCUT2D eigenvalue weighted by molar-refractivity contribution is 7.99. The predicted molar refractivity (Wildman–Crippen MR) is 146 cm³/mol. The Morgan fingerprint density at radius 1 is 1.11 bits per heavy atom. The molecule has 1 heterocycles. The number of hydrogen-bond donors (Lipinski definition) is 5. The molecule has 0 radical (unpaired) electrons. The number of primary amides is 1. The first-order valence-corrected chi connectivity index (χ1v) is 13.9. The molecule has 0 aliphatic carbocycles. The predicted octanol–water partition coefficient (Wildman–Crippen LogP) is 2.31. The Morgan fingerprint density at radius 2 is 1.79 bits per heavy atom. The number of amides is 2. The maximum atomic E-state index is 12.0. The van der Waals surface area contributed by atoms with E-state index in [2.05, 4.69) is 5.32 Å². The molecule has 1 aliphatic heterocycles. The van der Waals surface area contributed by atoms with Crippen molar-refractivity contribution in [2.24, 2.45) is 5.73 Å². The molecule has 2 aromatic rings. The van der Waals surface area contributed by atoms with Crippen LogP contribution in [0.1, 0.15) is 49.5 Å². The second-order valence-corrected chi connectivity index (χ2v) is 11.1. The van der Waals surface area contributed by atoms with E-state index in [0.717, 1.165) is 11.1 Å². The van der Waals surface area contributed by atoms with Crippen LogP contribution in [0.4, 0.5) is 0 Å². The van der Waals surface area contributed by atoms with E-state index in [1.54, 1.807) is 32.2 Å². The van der Waals surface area contributed by atoms with Crippen LogP contribution in [0.5, 0.6) is 5.75 Å². The maximum Gasteiger partial charge on any atom is 0.242 e. The number of hydrogen-bond acceptors (Lipinski definition) is 8. The SMILES string of the molecule is CS[C@H]1O[C@@H](c2ccc(Cl)c(Cc3ccc(OCCCC(=O)NC(C)(C)C(N)=O)cc3)c2)[C@H](O)[C@@H](O)[C@@H]1O. The lowest BCUT2D eigenvalue weighted by molar-refractivity contribution is -0.200. The van der Waals surface area contributed by atoms with E-state index in [9.17, 15) is 24.9 Å². The second kappa shape index (κ2) is 13.1. The van der Waals surface area contributed by atoms with E-state index in [0.29, 0.717) is 35.8 Å². The Labute approximate surface area is 231 Å². The largest absolute Gasteiger partial charge is 0.494 e. The quantitative estimate of drug-likeness (QED) is 0.260. The van der Waals surface area contributed by atoms with Gasteiger partial charge in [0.2, 0.25) is 11.8 Å². The lowest BCUT2D eigenvalue weighted by Gasteiger charge is -2.40. The molecule has 2 aromatic carbocycles. The van der Waals surface area contributed by atoms with E-state index in [-0.39, 0.29) is 12.3 Å². The molecule has 3 rings (SSSR count). The highest BCUT2D eigenvalue weighted by Gasteiger charge is 2.44. The van der Waals surface area contributed by atoms with Crippen LogP contribution in [-0.2, 0) is 20.7 Å². The minimum atomic E-state index is -1.32. The van der Waals surface area contributed by atoms with Gasteiger partial charge in [0.1, 0.15) is 41.1 Å². The van der Waals surface area contributed by atoms with Crippen LogP contribution in [0.25, 0.3) is 0 Å². The molecular formula is C27H35ClN2O7S. The van der Waals surface area contributed by atoms with Gasteiger partial charge in [0, 0.05) is 11.4 Å². The summed E-state index contributed by atoms with van der Waals surface area (Å²) in [7, 11) is 0. The van der Waals surface area contributed by atoms with Crippen molar-refractivity contribution in [3.63, 3.8) is 0 Å². The summed E-state index contributed by atoms with van der Waals surface area (Å²) in [5, 5.41) is 34.1. The number of ether oxygens (including phenoxy) is 2. The van der Waals surface area contributed by atoms with Crippen molar-refractivity contribution in [2.75, 3.05) is 12.9 Å². The van der Waals surface area contributed by atoms with Crippen molar-refractivity contribution in [2.45, 2.75) is 68.5 Å². The first kappa shape index (κ1) is 30.2. The van der Waals surface area contributed by atoms with Crippen LogP contribution in [0.15, 0.2) is 42.5 Å². The van der Waals surface area contributed by atoms with Gasteiger partial charge in [-0.15, -0.1) is 11.8 Å². The van der Waals surface area contributed by atoms with Crippen LogP contribution in [-0.4, -0.2) is 69.3 Å². The third-order valence-electron chi connectivity index (χ3n) is 6.40. The monoisotopic (exact) mass is 566 g/mol. The standard InChI is InChI=1S/C27H35ClN2O7S/c1-27(2,26(29)35)30-20(31)5-4-12-36-18-9-6-15(7-10-18)13-17-14-16(8-11-19(17)28)24-22(33)21(32)23(34)25(37-24)38-3/h6-11,14,21-25,32-34H,4-5,12-13H2,1-3H3,(H2,29,35)(H,30,31)/t21-,22-,23+,24+,25-/m1/s1. The smallest absolute Gasteiger partial charge is 0.242 e. The molecule has 0 unspecified atom stereocenters. The van der Waals surface area contributed by atoms with Crippen LogP contribution in [0.2, 0.25) is 5.02 Å². The average Bonchev–Trinajstić information content (AvgIpc) is 2.87. The highest BCUT2D eigenvalue weighted by Crippen LogP contribution is 2.37. The number of benzene rings is 2. The Bertz CT molecular complexity index is 1110. The van der Waals surface area contributed by atoms with Crippen molar-refractivity contribution in [1.29, 1.82) is 0 Å². The van der Waals surface area contributed by atoms with Gasteiger partial charge < -0.3 is 35.8 Å². The summed E-state index contributed by atoms with van der Waals surface area (Å²) in [4.78, 5) is 23.3. The molecule has 1 saturated heterocycles. The number of aliphatic hydroxyl groups is 3. The van der Waals surface area contributed by atoms with Crippen molar-refractivity contribution in [1.82, 2.24) is 5.32 Å². The lowest BCUT2D eigenvalue weighted by Crippen LogP contribution is -2.53. The molecule has 0 aromatic heterocycles. The van der Waals surface area contributed by atoms with Gasteiger partial charge in [-0.25, -0.2) is 0 Å². The van der Waals surface area contributed by atoms with E-state index >= 15 is 0 Å². The fourth-order valence-corrected chi connectivity index (χ4v) is 4.90. The van der Waals surface area contributed by atoms with Gasteiger partial charge in [-0.3, -0.25) is 9.59 Å². The number of halogens is 1. The molecule has 9 nitrogen and oxygen atoms in total. The van der Waals surface area contributed by atoms with Crippen LogP contribution in [0.3, 0.4) is 0 Å². The Balaban J connectivity index is 1.56. The Morgan fingerprint density at radius 3 is 2.42 bits per heavy atom. The molecule has 11 heteroatoms. The molecule has 0 bridgehead atoms. The lowest BCUT2D eigenvalue weighted by atomic mass is 9.92. The van der Waals surface area contributed by atoms with Gasteiger partial charge in [-0.1, -0.05) is 35.9 Å². The van der Waals surface area contributed by atoms with Gasteiger partial charge >= 0.3 is 0 Å². The van der Waals surface area contributed by atoms with Gasteiger partial charge in [0.15, 0.2) is 0 Å². The number of nitrogens with one attached hydrogen (secondary N) is 1. The fourth-order valence-electron chi connectivity index (χ4n) is 4.04. The summed E-state index contributed by atoms with van der Waals surface area (Å²) in [6.45, 7) is 3.44. The first-order valence-electron chi connectivity index (χ1n) is 12.3. The summed E-state index contributed by atoms with van der Waals surface area (Å²) in [6, 6.07) is 12.8. The number of thioether (sulfide) groups is 1. The van der Waals surface area contributed by atoms with Gasteiger partial charge in [0.25, 0.3) is 0 Å². The number of rotatable bonds is 11. The molecule has 208 valence electrons. The van der Waals surface area contributed by atoms with Crippen LogP contribution in [0, 0.1) is 0 Å². The normalized spacial score (nSPS) is 23.6. The summed E-state index contributed by atoms with van der Waals surface area (Å²) >= 11 is 7.71. The summed E-state index contributed by atoms with van der Waals surface area (Å²) in [5.74, 6) is -0.216. The fraction of sp³-hybridized carbons (Fsp3) is 0.481. The molecule has 38 heavy (non-hydrogen) atoms. The molecular weight excluding hydrogens is 532 g/mol. The molecule has 5 atom stereocenters. The maximum absolute atomic E-state index is 12.0. The van der Waals surface area contributed by atoms with E-state index in [4.69, 9.17) is 26.8 Å². The molecule has 2 amide bonds. The zero-order valence-corrected chi connectivity index (χ0v) is 23.2. The van der Waals surface area contributed by atoms with Gasteiger partial charge in [0.05, 0.1) is 6.61 Å². The molecule has 6 N–H and O–H groups in total. The van der Waals surface area contributed by atoms with Crippen molar-refractivity contribution < 1.29 is 34.4 Å². The zero-order chi connectivity index (χ0) is 28.0. The Kier molecular flexibility index (Phi) is 10.4. The number of carbonyl (C=O) groups excluding carboxylic acids is 2. The minimum absolute atomic E-state index is 0.205. The summed E-state index contributed by atoms with van der Waals surface area (Å²) in [5.41, 5.74) is 5.96. The Hall–Kier alpha value is -2.34. The minimum Gasteiger partial charge on any atom is -0.494 e. The van der Waals surface area contributed by atoms with E-state index in [1.807, 2.05) is 30.3 Å². The zero-order valence-electron chi connectivity index (χ0n) is 21.6. The molecule has 0 spiro atoms. The van der Waals surface area contributed by atoms with Crippen molar-refractivity contribution in [3.8, 4) is 5.75 Å². The average molecular weight is 567 g/mol. The molecule has 0 saturated carbocycles. The number of nitrogens with two attached hydrogens (primary N) is 1. The van der Waals surface area contributed by atoms with Crippen LogP contribution < -0.4 is 15.8 Å². The van der Waals surface area contributed by atoms with Crippen molar-refractivity contribution >= 4 is 35.2 Å². The first-order chi connectivity index (χ1) is 17.9. The van der Waals surface area contributed by atoms with Crippen LogP contribution >= 0.6 is 23.4 Å². The summed E-state index contributed by atoms with van der Waals surface area (Å²) < 4.78 is 11.6. The second-order valence-electron chi connectivity index (χ2n) is 9.79.